The van der Waals surface area contributed by atoms with Gasteiger partial charge < -0.3 is 4.90 Å². The van der Waals surface area contributed by atoms with Crippen LogP contribution < -0.4 is 4.90 Å². The van der Waals surface area contributed by atoms with Crippen LogP contribution in [-0.4, -0.2) is 7.05 Å². The second-order valence-corrected chi connectivity index (χ2v) is 4.56. The SMILES string of the molecule is Cc1cc(N(C)Cc2ccccc2F)ccc1C#N. The zero-order valence-electron chi connectivity index (χ0n) is 11.0. The molecule has 0 amide bonds. The zero-order chi connectivity index (χ0) is 13.8. The maximum Gasteiger partial charge on any atom is 0.128 e. The van der Waals surface area contributed by atoms with E-state index < -0.39 is 0 Å². The molecule has 2 aromatic carbocycles. The van der Waals surface area contributed by atoms with Gasteiger partial charge in [0.25, 0.3) is 0 Å². The van der Waals surface area contributed by atoms with E-state index >= 15 is 0 Å². The first-order chi connectivity index (χ1) is 9.11. The van der Waals surface area contributed by atoms with Crippen LogP contribution in [0.4, 0.5) is 10.1 Å². The lowest BCUT2D eigenvalue weighted by Gasteiger charge is -2.20. The lowest BCUT2D eigenvalue weighted by Crippen LogP contribution is -2.17. The third-order valence-electron chi connectivity index (χ3n) is 3.14. The van der Waals surface area contributed by atoms with Crippen molar-refractivity contribution in [1.29, 1.82) is 5.26 Å². The number of benzene rings is 2. The molecule has 0 saturated carbocycles. The summed E-state index contributed by atoms with van der Waals surface area (Å²) in [5.41, 5.74) is 3.23. The first-order valence-electron chi connectivity index (χ1n) is 6.07. The molecule has 3 heteroatoms. The minimum Gasteiger partial charge on any atom is -0.370 e. The molecule has 0 aliphatic rings. The fraction of sp³-hybridized carbons (Fsp3) is 0.188. The normalized spacial score (nSPS) is 10.0. The Morgan fingerprint density at radius 2 is 1.95 bits per heavy atom. The van der Waals surface area contributed by atoms with Crippen molar-refractivity contribution in [3.63, 3.8) is 0 Å². The van der Waals surface area contributed by atoms with Crippen molar-refractivity contribution in [2.75, 3.05) is 11.9 Å². The van der Waals surface area contributed by atoms with Crippen LogP contribution in [0.5, 0.6) is 0 Å². The number of hydrogen-bond donors (Lipinski definition) is 0. The average Bonchev–Trinajstić information content (AvgIpc) is 2.41. The highest BCUT2D eigenvalue weighted by Gasteiger charge is 2.07. The van der Waals surface area contributed by atoms with E-state index in [4.69, 9.17) is 5.26 Å². The van der Waals surface area contributed by atoms with Gasteiger partial charge in [0.15, 0.2) is 0 Å². The van der Waals surface area contributed by atoms with Crippen molar-refractivity contribution in [1.82, 2.24) is 0 Å². The summed E-state index contributed by atoms with van der Waals surface area (Å²) in [4.78, 5) is 1.96. The van der Waals surface area contributed by atoms with Crippen molar-refractivity contribution in [2.45, 2.75) is 13.5 Å². The molecule has 0 saturated heterocycles. The molecule has 0 atom stereocenters. The average molecular weight is 254 g/mol. The van der Waals surface area contributed by atoms with Gasteiger partial charge in [0.05, 0.1) is 11.6 Å². The summed E-state index contributed by atoms with van der Waals surface area (Å²) in [5, 5.41) is 8.91. The largest absolute Gasteiger partial charge is 0.370 e. The molecule has 96 valence electrons. The molecule has 2 aromatic rings. The van der Waals surface area contributed by atoms with Crippen LogP contribution in [0.1, 0.15) is 16.7 Å². The van der Waals surface area contributed by atoms with Crippen LogP contribution in [0.2, 0.25) is 0 Å². The van der Waals surface area contributed by atoms with E-state index in [0.29, 0.717) is 17.7 Å². The second-order valence-electron chi connectivity index (χ2n) is 4.56. The Hall–Kier alpha value is -2.34. The highest BCUT2D eigenvalue weighted by atomic mass is 19.1. The Bertz CT molecular complexity index is 629. The minimum absolute atomic E-state index is 0.195. The van der Waals surface area contributed by atoms with Gasteiger partial charge in [-0.25, -0.2) is 4.39 Å². The predicted octanol–water partition coefficient (Wildman–Crippen LogP) is 3.64. The lowest BCUT2D eigenvalue weighted by atomic mass is 10.1. The van der Waals surface area contributed by atoms with Gasteiger partial charge in [0.2, 0.25) is 0 Å². The quantitative estimate of drug-likeness (QED) is 0.836. The first kappa shape index (κ1) is 13.1. The second kappa shape index (κ2) is 5.53. The molecule has 2 nitrogen and oxygen atoms in total. The van der Waals surface area contributed by atoms with E-state index in [0.717, 1.165) is 11.3 Å². The Morgan fingerprint density at radius 1 is 1.21 bits per heavy atom. The molecular weight excluding hydrogens is 239 g/mol. The van der Waals surface area contributed by atoms with Crippen LogP contribution in [0.25, 0.3) is 0 Å². The summed E-state index contributed by atoms with van der Waals surface area (Å²) in [6.07, 6.45) is 0. The highest BCUT2D eigenvalue weighted by Crippen LogP contribution is 2.20. The van der Waals surface area contributed by atoms with Crippen LogP contribution in [0.3, 0.4) is 0 Å². The van der Waals surface area contributed by atoms with Gasteiger partial charge in [0.1, 0.15) is 5.82 Å². The number of nitriles is 1. The lowest BCUT2D eigenvalue weighted by molar-refractivity contribution is 0.608. The zero-order valence-corrected chi connectivity index (χ0v) is 11.0. The Labute approximate surface area is 112 Å². The number of nitrogens with zero attached hydrogens (tertiary/aromatic N) is 2. The van der Waals surface area contributed by atoms with Crippen LogP contribution in [0.15, 0.2) is 42.5 Å². The minimum atomic E-state index is -0.195. The molecule has 0 unspecified atom stereocenters. The number of hydrogen-bond acceptors (Lipinski definition) is 2. The monoisotopic (exact) mass is 254 g/mol. The van der Waals surface area contributed by atoms with Gasteiger partial charge in [-0.15, -0.1) is 0 Å². The molecule has 0 bridgehead atoms. The van der Waals surface area contributed by atoms with Crippen molar-refractivity contribution in [2.24, 2.45) is 0 Å². The Kier molecular flexibility index (Phi) is 3.82. The number of halogens is 1. The van der Waals surface area contributed by atoms with Gasteiger partial charge in [-0.2, -0.15) is 5.26 Å². The Balaban J connectivity index is 2.21. The highest BCUT2D eigenvalue weighted by molar-refractivity contribution is 5.53. The van der Waals surface area contributed by atoms with Crippen molar-refractivity contribution in [3.8, 4) is 6.07 Å². The summed E-state index contributed by atoms with van der Waals surface area (Å²) < 4.78 is 13.6. The standard InChI is InChI=1S/C16H15FN2/c1-12-9-15(8-7-13(12)10-18)19(2)11-14-5-3-4-6-16(14)17/h3-9H,11H2,1-2H3. The van der Waals surface area contributed by atoms with Crippen molar-refractivity contribution < 1.29 is 4.39 Å². The van der Waals surface area contributed by atoms with Crippen LogP contribution in [0, 0.1) is 24.1 Å². The van der Waals surface area contributed by atoms with E-state index in [-0.39, 0.29) is 5.82 Å². The topological polar surface area (TPSA) is 27.0 Å². The van der Waals surface area contributed by atoms with E-state index in [1.54, 1.807) is 18.2 Å². The molecular formula is C16H15FN2. The van der Waals surface area contributed by atoms with E-state index in [2.05, 4.69) is 6.07 Å². The van der Waals surface area contributed by atoms with Crippen LogP contribution in [-0.2, 0) is 6.54 Å². The molecule has 0 N–H and O–H groups in total. The maximum atomic E-state index is 13.6. The van der Waals surface area contributed by atoms with Gasteiger partial charge in [-0.05, 0) is 36.8 Å². The Morgan fingerprint density at radius 3 is 2.58 bits per heavy atom. The maximum absolute atomic E-state index is 13.6. The molecule has 0 heterocycles. The molecule has 0 radical (unpaired) electrons. The van der Waals surface area contributed by atoms with Crippen molar-refractivity contribution >= 4 is 5.69 Å². The van der Waals surface area contributed by atoms with E-state index in [1.807, 2.05) is 37.1 Å². The smallest absolute Gasteiger partial charge is 0.128 e. The molecule has 0 aromatic heterocycles. The summed E-state index contributed by atoms with van der Waals surface area (Å²) in [7, 11) is 1.91. The third kappa shape index (κ3) is 2.92. The molecule has 0 fully saturated rings. The number of anilines is 1. The fourth-order valence-corrected chi connectivity index (χ4v) is 1.98. The first-order valence-corrected chi connectivity index (χ1v) is 6.07. The van der Waals surface area contributed by atoms with E-state index in [9.17, 15) is 4.39 Å². The molecule has 0 spiro atoms. The van der Waals surface area contributed by atoms with Gasteiger partial charge in [-0.1, -0.05) is 18.2 Å². The van der Waals surface area contributed by atoms with Crippen molar-refractivity contribution in [3.05, 3.63) is 65.0 Å². The summed E-state index contributed by atoms with van der Waals surface area (Å²) in [5.74, 6) is -0.195. The molecule has 19 heavy (non-hydrogen) atoms. The van der Waals surface area contributed by atoms with Gasteiger partial charge in [0, 0.05) is 24.8 Å². The molecule has 0 aliphatic carbocycles. The number of rotatable bonds is 3. The summed E-state index contributed by atoms with van der Waals surface area (Å²) in [6, 6.07) is 14.5. The summed E-state index contributed by atoms with van der Waals surface area (Å²) in [6.45, 7) is 2.40. The number of aryl methyl sites for hydroxylation is 1. The summed E-state index contributed by atoms with van der Waals surface area (Å²) >= 11 is 0. The third-order valence-corrected chi connectivity index (χ3v) is 3.14. The fourth-order valence-electron chi connectivity index (χ4n) is 1.98. The van der Waals surface area contributed by atoms with Crippen LogP contribution >= 0.6 is 0 Å². The van der Waals surface area contributed by atoms with E-state index in [1.165, 1.54) is 6.07 Å². The molecule has 2 rings (SSSR count). The van der Waals surface area contributed by atoms with Gasteiger partial charge in [-0.3, -0.25) is 0 Å². The predicted molar refractivity (Wildman–Crippen MR) is 74.4 cm³/mol. The van der Waals surface area contributed by atoms with Gasteiger partial charge >= 0.3 is 0 Å². The molecule has 0 aliphatic heterocycles.